The Kier molecular flexibility index (Phi) is 3.47. The maximum absolute atomic E-state index is 5.43. The Balaban J connectivity index is 2.60. The third kappa shape index (κ3) is 2.47. The first-order valence-electron chi connectivity index (χ1n) is 4.11. The van der Waals surface area contributed by atoms with Crippen molar-refractivity contribution < 1.29 is 0 Å². The number of nitrogens with two attached hydrogens (primary N) is 1. The molecule has 0 bridgehead atoms. The van der Waals surface area contributed by atoms with Crippen LogP contribution in [-0.2, 0) is 6.54 Å². The molecule has 0 aliphatic carbocycles. The molecule has 0 aliphatic heterocycles. The van der Waals surface area contributed by atoms with Gasteiger partial charge in [-0.3, -0.25) is 0 Å². The summed E-state index contributed by atoms with van der Waals surface area (Å²) in [6.45, 7) is 3.50. The lowest BCUT2D eigenvalue weighted by molar-refractivity contribution is 0.936. The zero-order valence-electron chi connectivity index (χ0n) is 7.25. The highest BCUT2D eigenvalue weighted by molar-refractivity contribution is 5.34. The summed E-state index contributed by atoms with van der Waals surface area (Å²) in [5, 5.41) is 3.16. The second-order valence-corrected chi connectivity index (χ2v) is 2.53. The molecule has 0 aliphatic rings. The molecule has 1 rings (SSSR count). The summed E-state index contributed by atoms with van der Waals surface area (Å²) < 4.78 is 0. The smallest absolute Gasteiger partial charge is 0.129 e. The minimum Gasteiger partial charge on any atom is -0.370 e. The van der Waals surface area contributed by atoms with Crippen molar-refractivity contribution in [2.45, 2.75) is 19.9 Å². The molecule has 4 heteroatoms. The Hall–Kier alpha value is -1.16. The highest BCUT2D eigenvalue weighted by Crippen LogP contribution is 2.02. The Morgan fingerprint density at radius 3 is 3.00 bits per heavy atom. The van der Waals surface area contributed by atoms with E-state index in [9.17, 15) is 0 Å². The van der Waals surface area contributed by atoms with E-state index in [4.69, 9.17) is 5.73 Å². The molecule has 0 saturated carbocycles. The van der Waals surface area contributed by atoms with Crippen LogP contribution in [0.25, 0.3) is 0 Å². The fraction of sp³-hybridized carbons (Fsp3) is 0.500. The fourth-order valence-corrected chi connectivity index (χ4v) is 0.859. The molecule has 1 aromatic heterocycles. The van der Waals surface area contributed by atoms with E-state index in [1.807, 2.05) is 6.07 Å². The first-order chi connectivity index (χ1) is 5.86. The minimum absolute atomic E-state index is 0.462. The second kappa shape index (κ2) is 4.66. The van der Waals surface area contributed by atoms with Gasteiger partial charge in [0.1, 0.15) is 12.1 Å². The van der Waals surface area contributed by atoms with E-state index in [0.29, 0.717) is 6.54 Å². The van der Waals surface area contributed by atoms with E-state index in [2.05, 4.69) is 22.2 Å². The molecule has 66 valence electrons. The Morgan fingerprint density at radius 1 is 1.50 bits per heavy atom. The van der Waals surface area contributed by atoms with Crippen LogP contribution in [0, 0.1) is 0 Å². The monoisotopic (exact) mass is 166 g/mol. The third-order valence-corrected chi connectivity index (χ3v) is 1.49. The maximum atomic E-state index is 5.43. The van der Waals surface area contributed by atoms with Crippen molar-refractivity contribution in [1.82, 2.24) is 9.97 Å². The van der Waals surface area contributed by atoms with Gasteiger partial charge in [0.05, 0.1) is 5.69 Å². The topological polar surface area (TPSA) is 63.8 Å². The van der Waals surface area contributed by atoms with Gasteiger partial charge in [-0.15, -0.1) is 0 Å². The standard InChI is InChI=1S/C8H14N4/c1-2-3-10-8-4-7(5-9)11-6-12-8/h4,6H,2-3,5,9H2,1H3,(H,10,11,12). The van der Waals surface area contributed by atoms with Crippen molar-refractivity contribution in [3.05, 3.63) is 18.1 Å². The maximum Gasteiger partial charge on any atom is 0.129 e. The number of nitrogens with one attached hydrogen (secondary N) is 1. The van der Waals surface area contributed by atoms with Crippen LogP contribution < -0.4 is 11.1 Å². The van der Waals surface area contributed by atoms with Gasteiger partial charge >= 0.3 is 0 Å². The van der Waals surface area contributed by atoms with Gasteiger partial charge in [-0.1, -0.05) is 6.92 Å². The predicted octanol–water partition coefficient (Wildman–Crippen LogP) is 0.757. The average Bonchev–Trinajstić information content (AvgIpc) is 2.15. The van der Waals surface area contributed by atoms with Crippen molar-refractivity contribution in [3.8, 4) is 0 Å². The number of nitrogens with zero attached hydrogens (tertiary/aromatic N) is 2. The zero-order valence-corrected chi connectivity index (χ0v) is 7.25. The third-order valence-electron chi connectivity index (χ3n) is 1.49. The van der Waals surface area contributed by atoms with Crippen molar-refractivity contribution in [2.24, 2.45) is 5.73 Å². The van der Waals surface area contributed by atoms with E-state index in [-0.39, 0.29) is 0 Å². The van der Waals surface area contributed by atoms with Gasteiger partial charge in [0.2, 0.25) is 0 Å². The molecular formula is C8H14N4. The SMILES string of the molecule is CCCNc1cc(CN)ncn1. The molecule has 0 amide bonds. The van der Waals surface area contributed by atoms with Crippen LogP contribution in [0.2, 0.25) is 0 Å². The van der Waals surface area contributed by atoms with Gasteiger partial charge in [0.15, 0.2) is 0 Å². The van der Waals surface area contributed by atoms with E-state index < -0.39 is 0 Å². The number of hydrogen-bond acceptors (Lipinski definition) is 4. The lowest BCUT2D eigenvalue weighted by atomic mass is 10.4. The van der Waals surface area contributed by atoms with Crippen LogP contribution in [0.5, 0.6) is 0 Å². The minimum atomic E-state index is 0.462. The van der Waals surface area contributed by atoms with Gasteiger partial charge in [-0.05, 0) is 6.42 Å². The normalized spacial score (nSPS) is 9.83. The highest BCUT2D eigenvalue weighted by Gasteiger charge is 1.94. The molecule has 0 atom stereocenters. The van der Waals surface area contributed by atoms with Gasteiger partial charge in [0, 0.05) is 19.2 Å². The largest absolute Gasteiger partial charge is 0.370 e. The van der Waals surface area contributed by atoms with Crippen molar-refractivity contribution in [1.29, 1.82) is 0 Å². The summed E-state index contributed by atoms with van der Waals surface area (Å²) in [5.41, 5.74) is 6.29. The molecule has 1 heterocycles. The van der Waals surface area contributed by atoms with Gasteiger partial charge < -0.3 is 11.1 Å². The number of rotatable bonds is 4. The number of anilines is 1. The summed E-state index contributed by atoms with van der Waals surface area (Å²) in [7, 11) is 0. The molecular weight excluding hydrogens is 152 g/mol. The highest BCUT2D eigenvalue weighted by atomic mass is 15.0. The number of aromatic nitrogens is 2. The molecule has 3 N–H and O–H groups in total. The van der Waals surface area contributed by atoms with E-state index in [0.717, 1.165) is 24.5 Å². The molecule has 0 radical (unpaired) electrons. The summed E-state index contributed by atoms with van der Waals surface area (Å²) in [4.78, 5) is 8.04. The van der Waals surface area contributed by atoms with Gasteiger partial charge in [-0.2, -0.15) is 0 Å². The molecule has 0 unspecified atom stereocenters. The lowest BCUT2D eigenvalue weighted by Crippen LogP contribution is -2.05. The first-order valence-corrected chi connectivity index (χ1v) is 4.11. The van der Waals surface area contributed by atoms with Crippen LogP contribution in [0.3, 0.4) is 0 Å². The van der Waals surface area contributed by atoms with Crippen LogP contribution in [0.1, 0.15) is 19.0 Å². The fourth-order valence-electron chi connectivity index (χ4n) is 0.859. The van der Waals surface area contributed by atoms with Crippen LogP contribution in [0.4, 0.5) is 5.82 Å². The zero-order chi connectivity index (χ0) is 8.81. The summed E-state index contributed by atoms with van der Waals surface area (Å²) >= 11 is 0. The molecule has 0 spiro atoms. The summed E-state index contributed by atoms with van der Waals surface area (Å²) in [5.74, 6) is 0.854. The van der Waals surface area contributed by atoms with E-state index in [1.165, 1.54) is 6.33 Å². The Labute approximate surface area is 72.2 Å². The van der Waals surface area contributed by atoms with Gasteiger partial charge in [0.25, 0.3) is 0 Å². The van der Waals surface area contributed by atoms with Crippen molar-refractivity contribution >= 4 is 5.82 Å². The molecule has 1 aromatic rings. The quantitative estimate of drug-likeness (QED) is 0.693. The molecule has 0 fully saturated rings. The summed E-state index contributed by atoms with van der Waals surface area (Å²) in [6.07, 6.45) is 2.61. The number of hydrogen-bond donors (Lipinski definition) is 2. The van der Waals surface area contributed by atoms with E-state index >= 15 is 0 Å². The average molecular weight is 166 g/mol. The molecule has 0 aromatic carbocycles. The van der Waals surface area contributed by atoms with Crippen LogP contribution in [0.15, 0.2) is 12.4 Å². The van der Waals surface area contributed by atoms with Gasteiger partial charge in [-0.25, -0.2) is 9.97 Å². The lowest BCUT2D eigenvalue weighted by Gasteiger charge is -2.03. The Morgan fingerprint density at radius 2 is 2.33 bits per heavy atom. The van der Waals surface area contributed by atoms with Crippen LogP contribution in [-0.4, -0.2) is 16.5 Å². The molecule has 12 heavy (non-hydrogen) atoms. The predicted molar refractivity (Wildman–Crippen MR) is 48.7 cm³/mol. The second-order valence-electron chi connectivity index (χ2n) is 2.53. The first kappa shape index (κ1) is 8.93. The molecule has 0 saturated heterocycles. The van der Waals surface area contributed by atoms with E-state index in [1.54, 1.807) is 0 Å². The molecule has 4 nitrogen and oxygen atoms in total. The van der Waals surface area contributed by atoms with Crippen LogP contribution >= 0.6 is 0 Å². The summed E-state index contributed by atoms with van der Waals surface area (Å²) in [6, 6.07) is 1.87. The van der Waals surface area contributed by atoms with Crippen molar-refractivity contribution in [3.63, 3.8) is 0 Å². The van der Waals surface area contributed by atoms with Crippen molar-refractivity contribution in [2.75, 3.05) is 11.9 Å². The Bertz CT molecular complexity index is 236.